The Morgan fingerprint density at radius 1 is 1.22 bits per heavy atom. The number of sulfone groups is 1. The lowest BCUT2D eigenvalue weighted by Crippen LogP contribution is -2.29. The second-order valence-electron chi connectivity index (χ2n) is 6.32. The van der Waals surface area contributed by atoms with E-state index in [0.717, 1.165) is 6.42 Å². The molecule has 1 aromatic rings. The maximum Gasteiger partial charge on any atom is 0.268 e. The molecule has 0 unspecified atom stereocenters. The average molecular weight is 340 g/mol. The van der Waals surface area contributed by atoms with E-state index in [2.05, 4.69) is 10.3 Å². The van der Waals surface area contributed by atoms with E-state index in [1.54, 1.807) is 13.8 Å². The molecule has 1 aliphatic heterocycles. The smallest absolute Gasteiger partial charge is 0.268 e. The number of aromatic amines is 1. The van der Waals surface area contributed by atoms with Gasteiger partial charge in [0.05, 0.1) is 11.5 Å². The Kier molecular flexibility index (Phi) is 5.29. The highest BCUT2D eigenvalue weighted by Crippen LogP contribution is 2.22. The Morgan fingerprint density at radius 2 is 1.83 bits per heavy atom. The van der Waals surface area contributed by atoms with Crippen LogP contribution in [0, 0.1) is 19.8 Å². The van der Waals surface area contributed by atoms with Crippen molar-refractivity contribution in [3.05, 3.63) is 22.5 Å². The molecule has 1 aromatic heterocycles. The molecule has 6 nitrogen and oxygen atoms in total. The molecule has 1 fully saturated rings. The van der Waals surface area contributed by atoms with E-state index in [0.29, 0.717) is 47.8 Å². The van der Waals surface area contributed by atoms with Crippen molar-refractivity contribution in [2.75, 3.05) is 18.1 Å². The third-order valence-corrected chi connectivity index (χ3v) is 6.24. The Labute approximate surface area is 137 Å². The second kappa shape index (κ2) is 6.86. The summed E-state index contributed by atoms with van der Waals surface area (Å²) in [6.45, 7) is 5.54. The van der Waals surface area contributed by atoms with Gasteiger partial charge in [-0.3, -0.25) is 9.59 Å². The van der Waals surface area contributed by atoms with Gasteiger partial charge in [0, 0.05) is 17.8 Å². The number of nitrogens with one attached hydrogen (secondary N) is 2. The number of carbonyl (C=O) groups is 2. The molecule has 2 heterocycles. The summed E-state index contributed by atoms with van der Waals surface area (Å²) in [5.74, 6) is 0.573. The molecule has 7 heteroatoms. The summed E-state index contributed by atoms with van der Waals surface area (Å²) >= 11 is 0. The standard InChI is InChI=1S/C16H24N2O4S/c1-10-14(12(3)19)11(2)18-15(10)16(20)17-7-4-13-5-8-23(21,22)9-6-13/h13,18H,4-9H2,1-3H3,(H,17,20). The van der Waals surface area contributed by atoms with Crippen molar-refractivity contribution >= 4 is 21.5 Å². The minimum absolute atomic E-state index is 0.0567. The van der Waals surface area contributed by atoms with Crippen LogP contribution in [0.2, 0.25) is 0 Å². The zero-order chi connectivity index (χ0) is 17.2. The maximum absolute atomic E-state index is 12.2. The summed E-state index contributed by atoms with van der Waals surface area (Å²) in [4.78, 5) is 26.8. The van der Waals surface area contributed by atoms with Gasteiger partial charge in [-0.25, -0.2) is 8.42 Å². The van der Waals surface area contributed by atoms with E-state index >= 15 is 0 Å². The van der Waals surface area contributed by atoms with Gasteiger partial charge in [-0.05, 0) is 51.5 Å². The van der Waals surface area contributed by atoms with Crippen LogP contribution in [0.25, 0.3) is 0 Å². The fourth-order valence-electron chi connectivity index (χ4n) is 3.21. The van der Waals surface area contributed by atoms with Crippen LogP contribution in [0.4, 0.5) is 0 Å². The number of carbonyl (C=O) groups excluding carboxylic acids is 2. The van der Waals surface area contributed by atoms with E-state index in [-0.39, 0.29) is 23.2 Å². The fourth-order valence-corrected chi connectivity index (χ4v) is 4.80. The molecule has 23 heavy (non-hydrogen) atoms. The number of ketones is 1. The molecule has 2 N–H and O–H groups in total. The normalized spacial score (nSPS) is 17.9. The largest absolute Gasteiger partial charge is 0.354 e. The molecule has 2 rings (SSSR count). The highest BCUT2D eigenvalue weighted by molar-refractivity contribution is 7.91. The van der Waals surface area contributed by atoms with Crippen LogP contribution in [-0.4, -0.2) is 43.1 Å². The summed E-state index contributed by atoms with van der Waals surface area (Å²) in [7, 11) is -2.84. The number of aromatic nitrogens is 1. The van der Waals surface area contributed by atoms with Crippen LogP contribution >= 0.6 is 0 Å². The highest BCUT2D eigenvalue weighted by Gasteiger charge is 2.24. The van der Waals surface area contributed by atoms with E-state index in [1.165, 1.54) is 6.92 Å². The summed E-state index contributed by atoms with van der Waals surface area (Å²) in [5.41, 5.74) is 2.39. The van der Waals surface area contributed by atoms with E-state index in [9.17, 15) is 18.0 Å². The van der Waals surface area contributed by atoms with Gasteiger partial charge >= 0.3 is 0 Å². The molecule has 1 amide bonds. The van der Waals surface area contributed by atoms with Crippen molar-refractivity contribution in [3.8, 4) is 0 Å². The molecule has 0 saturated carbocycles. The Bertz CT molecular complexity index is 705. The number of rotatable bonds is 5. The van der Waals surface area contributed by atoms with Crippen molar-refractivity contribution in [1.29, 1.82) is 0 Å². The molecule has 0 bridgehead atoms. The van der Waals surface area contributed by atoms with E-state index < -0.39 is 9.84 Å². The third-order valence-electron chi connectivity index (χ3n) is 4.53. The number of hydrogen-bond acceptors (Lipinski definition) is 4. The summed E-state index contributed by atoms with van der Waals surface area (Å²) < 4.78 is 22.8. The number of hydrogen-bond donors (Lipinski definition) is 2. The Hall–Kier alpha value is -1.63. The molecule has 0 aromatic carbocycles. The highest BCUT2D eigenvalue weighted by atomic mass is 32.2. The summed E-state index contributed by atoms with van der Waals surface area (Å²) in [6.07, 6.45) is 2.13. The predicted molar refractivity (Wildman–Crippen MR) is 88.6 cm³/mol. The molecule has 0 aliphatic carbocycles. The van der Waals surface area contributed by atoms with Crippen molar-refractivity contribution in [2.24, 2.45) is 5.92 Å². The van der Waals surface area contributed by atoms with Gasteiger partial charge < -0.3 is 10.3 Å². The molecule has 0 spiro atoms. The zero-order valence-corrected chi connectivity index (χ0v) is 14.7. The molecule has 128 valence electrons. The second-order valence-corrected chi connectivity index (χ2v) is 8.62. The zero-order valence-electron chi connectivity index (χ0n) is 13.9. The van der Waals surface area contributed by atoms with Crippen molar-refractivity contribution in [3.63, 3.8) is 0 Å². The first kappa shape index (κ1) is 17.7. The lowest BCUT2D eigenvalue weighted by molar-refractivity contribution is 0.0945. The molecule has 1 aliphatic rings. The van der Waals surface area contributed by atoms with Gasteiger partial charge in [0.15, 0.2) is 5.78 Å². The van der Waals surface area contributed by atoms with Crippen LogP contribution in [0.1, 0.15) is 58.3 Å². The van der Waals surface area contributed by atoms with Crippen LogP contribution < -0.4 is 5.32 Å². The number of amides is 1. The quantitative estimate of drug-likeness (QED) is 0.799. The van der Waals surface area contributed by atoms with Gasteiger partial charge in [-0.15, -0.1) is 0 Å². The SMILES string of the molecule is CC(=O)c1c(C)[nH]c(C(=O)NCCC2CCS(=O)(=O)CC2)c1C. The van der Waals surface area contributed by atoms with Gasteiger partial charge in [-0.1, -0.05) is 0 Å². The molecular formula is C16H24N2O4S. The van der Waals surface area contributed by atoms with Gasteiger partial charge in [-0.2, -0.15) is 0 Å². The molecule has 0 atom stereocenters. The minimum Gasteiger partial charge on any atom is -0.354 e. The minimum atomic E-state index is -2.84. The van der Waals surface area contributed by atoms with Gasteiger partial charge in [0.25, 0.3) is 5.91 Å². The summed E-state index contributed by atoms with van der Waals surface area (Å²) in [5, 5.41) is 2.86. The lowest BCUT2D eigenvalue weighted by atomic mass is 9.99. The van der Waals surface area contributed by atoms with Crippen molar-refractivity contribution in [2.45, 2.75) is 40.0 Å². The van der Waals surface area contributed by atoms with E-state index in [1.807, 2.05) is 0 Å². The molecule has 0 radical (unpaired) electrons. The van der Waals surface area contributed by atoms with Gasteiger partial charge in [0.2, 0.25) is 0 Å². The van der Waals surface area contributed by atoms with Gasteiger partial charge in [0.1, 0.15) is 15.5 Å². The van der Waals surface area contributed by atoms with Crippen LogP contribution in [0.3, 0.4) is 0 Å². The van der Waals surface area contributed by atoms with Crippen molar-refractivity contribution < 1.29 is 18.0 Å². The molecular weight excluding hydrogens is 316 g/mol. The third kappa shape index (κ3) is 4.22. The fraction of sp³-hybridized carbons (Fsp3) is 0.625. The monoisotopic (exact) mass is 340 g/mol. The first-order chi connectivity index (χ1) is 10.7. The first-order valence-electron chi connectivity index (χ1n) is 7.90. The average Bonchev–Trinajstić information content (AvgIpc) is 2.75. The van der Waals surface area contributed by atoms with Crippen LogP contribution in [-0.2, 0) is 9.84 Å². The molecule has 1 saturated heterocycles. The predicted octanol–water partition coefficient (Wildman–Crippen LogP) is 1.78. The Balaban J connectivity index is 1.89. The Morgan fingerprint density at radius 3 is 2.35 bits per heavy atom. The number of Topliss-reactive ketones (excluding diaryl/α,β-unsaturated/α-hetero) is 1. The topological polar surface area (TPSA) is 96.1 Å². The maximum atomic E-state index is 12.2. The lowest BCUT2D eigenvalue weighted by Gasteiger charge is -2.21. The number of aryl methyl sites for hydroxylation is 1. The van der Waals surface area contributed by atoms with Crippen LogP contribution in [0.5, 0.6) is 0 Å². The van der Waals surface area contributed by atoms with Crippen molar-refractivity contribution in [1.82, 2.24) is 10.3 Å². The van der Waals surface area contributed by atoms with E-state index in [4.69, 9.17) is 0 Å². The number of H-pyrrole nitrogens is 1. The van der Waals surface area contributed by atoms with Crippen LogP contribution in [0.15, 0.2) is 0 Å². The summed E-state index contributed by atoms with van der Waals surface area (Å²) in [6, 6.07) is 0. The first-order valence-corrected chi connectivity index (χ1v) is 9.72.